The largest absolute Gasteiger partial charge is 0.494 e. The molecule has 8 heteroatoms. The number of H-pyrrole nitrogens is 1. The predicted octanol–water partition coefficient (Wildman–Crippen LogP) is 3.30. The van der Waals surface area contributed by atoms with Crippen LogP contribution in [0.15, 0.2) is 47.6 Å². The lowest BCUT2D eigenvalue weighted by atomic mass is 10.1. The number of amides is 2. The second-order valence-electron chi connectivity index (χ2n) is 7.18. The number of carbonyl (C=O) groups is 2. The Labute approximate surface area is 179 Å². The van der Waals surface area contributed by atoms with Gasteiger partial charge in [-0.3, -0.25) is 9.59 Å². The number of carbonyl (C=O) groups excluding carboxylic acids is 2. The summed E-state index contributed by atoms with van der Waals surface area (Å²) in [6.45, 7) is 5.96. The maximum Gasteiger partial charge on any atom is 0.255 e. The van der Waals surface area contributed by atoms with Gasteiger partial charge in [0, 0.05) is 24.7 Å². The molecule has 3 aromatic rings. The molecule has 1 saturated heterocycles. The molecule has 1 aliphatic heterocycles. The molecule has 0 radical (unpaired) electrons. The first-order valence-electron chi connectivity index (χ1n) is 9.92. The number of hydrogen-bond donors (Lipinski definition) is 1. The molecule has 2 aromatic carbocycles. The number of rotatable bonds is 6. The van der Waals surface area contributed by atoms with E-state index in [0.717, 1.165) is 22.3 Å². The minimum absolute atomic E-state index is 0.00494. The van der Waals surface area contributed by atoms with E-state index < -0.39 is 0 Å². The Kier molecular flexibility index (Phi) is 5.94. The molecule has 30 heavy (non-hydrogen) atoms. The summed E-state index contributed by atoms with van der Waals surface area (Å²) in [6.07, 6.45) is 0. The van der Waals surface area contributed by atoms with E-state index in [2.05, 4.69) is 9.97 Å². The van der Waals surface area contributed by atoms with Crippen molar-refractivity contribution in [3.63, 3.8) is 0 Å². The minimum atomic E-state index is -0.0414. The van der Waals surface area contributed by atoms with Crippen LogP contribution in [0.4, 0.5) is 0 Å². The Hall–Kier alpha value is -3.00. The van der Waals surface area contributed by atoms with Gasteiger partial charge < -0.3 is 19.5 Å². The van der Waals surface area contributed by atoms with E-state index in [1.807, 2.05) is 56.3 Å². The van der Waals surface area contributed by atoms with Gasteiger partial charge >= 0.3 is 0 Å². The highest BCUT2D eigenvalue weighted by Crippen LogP contribution is 2.24. The number of aromatic amines is 1. The van der Waals surface area contributed by atoms with Crippen LogP contribution in [0.2, 0.25) is 0 Å². The van der Waals surface area contributed by atoms with Crippen LogP contribution in [-0.4, -0.2) is 63.7 Å². The third-order valence-electron chi connectivity index (χ3n) is 4.99. The van der Waals surface area contributed by atoms with Crippen LogP contribution in [0.25, 0.3) is 11.0 Å². The Balaban J connectivity index is 1.33. The van der Waals surface area contributed by atoms with Gasteiger partial charge in [0.25, 0.3) is 5.91 Å². The van der Waals surface area contributed by atoms with E-state index in [1.165, 1.54) is 11.8 Å². The lowest BCUT2D eigenvalue weighted by Crippen LogP contribution is -2.34. The highest BCUT2D eigenvalue weighted by Gasteiger charge is 2.28. The smallest absolute Gasteiger partial charge is 0.255 e. The number of ether oxygens (including phenoxy) is 1. The van der Waals surface area contributed by atoms with Gasteiger partial charge in [0.05, 0.1) is 30.1 Å². The summed E-state index contributed by atoms with van der Waals surface area (Å²) < 4.78 is 5.51. The van der Waals surface area contributed by atoms with Crippen LogP contribution in [-0.2, 0) is 4.79 Å². The second-order valence-corrected chi connectivity index (χ2v) is 8.14. The van der Waals surface area contributed by atoms with Crippen LogP contribution in [0.5, 0.6) is 5.75 Å². The zero-order chi connectivity index (χ0) is 21.1. The fourth-order valence-corrected chi connectivity index (χ4v) is 4.14. The van der Waals surface area contributed by atoms with Gasteiger partial charge in [-0.15, -0.1) is 0 Å². The first-order valence-corrected chi connectivity index (χ1v) is 10.9. The summed E-state index contributed by atoms with van der Waals surface area (Å²) >= 11 is 1.37. The first-order chi connectivity index (χ1) is 14.5. The second kappa shape index (κ2) is 8.79. The van der Waals surface area contributed by atoms with E-state index in [1.54, 1.807) is 9.80 Å². The third-order valence-corrected chi connectivity index (χ3v) is 5.85. The fourth-order valence-electron chi connectivity index (χ4n) is 3.35. The van der Waals surface area contributed by atoms with E-state index >= 15 is 0 Å². The van der Waals surface area contributed by atoms with Crippen molar-refractivity contribution in [3.05, 3.63) is 53.6 Å². The molecule has 1 fully saturated rings. The van der Waals surface area contributed by atoms with Gasteiger partial charge in [-0.1, -0.05) is 29.5 Å². The number of nitrogens with zero attached hydrogens (tertiary/aromatic N) is 3. The van der Waals surface area contributed by atoms with E-state index in [0.29, 0.717) is 37.1 Å². The molecule has 7 nitrogen and oxygen atoms in total. The molecule has 1 aromatic heterocycles. The first kappa shape index (κ1) is 20.3. The lowest BCUT2D eigenvalue weighted by molar-refractivity contribution is -0.127. The Bertz CT molecular complexity index is 1060. The molecule has 0 spiro atoms. The molecule has 1 aliphatic rings. The molecule has 0 bridgehead atoms. The van der Waals surface area contributed by atoms with Gasteiger partial charge in [-0.25, -0.2) is 4.98 Å². The number of imidazole rings is 1. The maximum atomic E-state index is 12.6. The van der Waals surface area contributed by atoms with Gasteiger partial charge in [0.1, 0.15) is 5.75 Å². The molecular weight excluding hydrogens is 400 g/mol. The molecule has 0 saturated carbocycles. The van der Waals surface area contributed by atoms with Crippen molar-refractivity contribution >= 4 is 34.6 Å². The van der Waals surface area contributed by atoms with Crippen molar-refractivity contribution in [3.8, 4) is 5.75 Å². The number of nitrogens with one attached hydrogen (secondary N) is 1. The van der Waals surface area contributed by atoms with Crippen molar-refractivity contribution in [1.82, 2.24) is 19.8 Å². The molecule has 0 aliphatic carbocycles. The number of aromatic nitrogens is 2. The average molecular weight is 425 g/mol. The van der Waals surface area contributed by atoms with Crippen molar-refractivity contribution < 1.29 is 14.3 Å². The number of thioether (sulfide) groups is 1. The standard InChI is InChI=1S/C22H24N4O3S/c1-3-29-17-8-9-18-19(12-17)24-22(23-18)30-13-20(27)25-10-11-26(14-25)21(28)16-6-4-15(2)5-7-16/h4-9,12H,3,10-11,13-14H2,1-2H3,(H,23,24). The molecule has 0 unspecified atom stereocenters. The monoisotopic (exact) mass is 424 g/mol. The van der Waals surface area contributed by atoms with Crippen LogP contribution in [0, 0.1) is 6.92 Å². The Morgan fingerprint density at radius 3 is 2.67 bits per heavy atom. The Morgan fingerprint density at radius 1 is 1.13 bits per heavy atom. The van der Waals surface area contributed by atoms with Crippen LogP contribution >= 0.6 is 11.8 Å². The predicted molar refractivity (Wildman–Crippen MR) is 117 cm³/mol. The van der Waals surface area contributed by atoms with E-state index in [9.17, 15) is 9.59 Å². The van der Waals surface area contributed by atoms with Crippen LogP contribution < -0.4 is 4.74 Å². The molecule has 1 N–H and O–H groups in total. The van der Waals surface area contributed by atoms with Crippen molar-refractivity contribution in [2.45, 2.75) is 19.0 Å². The maximum absolute atomic E-state index is 12.6. The van der Waals surface area contributed by atoms with Crippen LogP contribution in [0.1, 0.15) is 22.8 Å². The summed E-state index contributed by atoms with van der Waals surface area (Å²) in [6, 6.07) is 13.2. The zero-order valence-electron chi connectivity index (χ0n) is 17.1. The molecule has 4 rings (SSSR count). The molecule has 2 amide bonds. The molecular formula is C22H24N4O3S. The summed E-state index contributed by atoms with van der Waals surface area (Å²) in [5, 5.41) is 0.693. The summed E-state index contributed by atoms with van der Waals surface area (Å²) in [7, 11) is 0. The summed E-state index contributed by atoms with van der Waals surface area (Å²) in [5.41, 5.74) is 3.48. The van der Waals surface area contributed by atoms with Gasteiger partial charge in [0.15, 0.2) is 5.16 Å². The summed E-state index contributed by atoms with van der Waals surface area (Å²) in [4.78, 5) is 36.4. The Morgan fingerprint density at radius 2 is 1.90 bits per heavy atom. The van der Waals surface area contributed by atoms with Crippen molar-refractivity contribution in [2.75, 3.05) is 32.1 Å². The third kappa shape index (κ3) is 4.43. The van der Waals surface area contributed by atoms with Crippen LogP contribution in [0.3, 0.4) is 0 Å². The highest BCUT2D eigenvalue weighted by molar-refractivity contribution is 7.99. The average Bonchev–Trinajstić information content (AvgIpc) is 3.39. The number of benzene rings is 2. The number of fused-ring (bicyclic) bond motifs is 1. The van der Waals surface area contributed by atoms with Gasteiger partial charge in [0.2, 0.25) is 5.91 Å². The van der Waals surface area contributed by atoms with E-state index in [4.69, 9.17) is 4.74 Å². The molecule has 2 heterocycles. The van der Waals surface area contributed by atoms with Crippen molar-refractivity contribution in [2.24, 2.45) is 0 Å². The zero-order valence-corrected chi connectivity index (χ0v) is 17.9. The SMILES string of the molecule is CCOc1ccc2nc(SCC(=O)N3CCN(C(=O)c4ccc(C)cc4)C3)[nH]c2c1. The number of aryl methyl sites for hydroxylation is 1. The van der Waals surface area contributed by atoms with E-state index in [-0.39, 0.29) is 17.6 Å². The number of hydrogen-bond acceptors (Lipinski definition) is 5. The summed E-state index contributed by atoms with van der Waals surface area (Å²) in [5.74, 6) is 1.01. The lowest BCUT2D eigenvalue weighted by Gasteiger charge is -2.18. The quantitative estimate of drug-likeness (QED) is 0.614. The normalized spacial score (nSPS) is 13.8. The molecule has 0 atom stereocenters. The fraction of sp³-hybridized carbons (Fsp3) is 0.318. The van der Waals surface area contributed by atoms with Crippen molar-refractivity contribution in [1.29, 1.82) is 0 Å². The minimum Gasteiger partial charge on any atom is -0.494 e. The topological polar surface area (TPSA) is 78.5 Å². The van der Waals surface area contributed by atoms with Gasteiger partial charge in [-0.2, -0.15) is 0 Å². The molecule has 156 valence electrons. The highest BCUT2D eigenvalue weighted by atomic mass is 32.2. The van der Waals surface area contributed by atoms with Gasteiger partial charge in [-0.05, 0) is 38.1 Å².